The van der Waals surface area contributed by atoms with E-state index in [1.54, 1.807) is 11.3 Å². The minimum absolute atomic E-state index is 0.199. The lowest BCUT2D eigenvalue weighted by Crippen LogP contribution is -2.04. The molecule has 0 unspecified atom stereocenters. The number of carbonyl (C=O) groups excluding carboxylic acids is 1. The largest absolute Gasteiger partial charge is 0.469 e. The van der Waals surface area contributed by atoms with Crippen molar-refractivity contribution in [2.75, 3.05) is 7.11 Å². The first-order valence-electron chi connectivity index (χ1n) is 5.00. The van der Waals surface area contributed by atoms with E-state index < -0.39 is 0 Å². The Morgan fingerprint density at radius 1 is 1.25 bits per heavy atom. The summed E-state index contributed by atoms with van der Waals surface area (Å²) in [5, 5.41) is 2.00. The average Bonchev–Trinajstić information content (AvgIpc) is 2.78. The van der Waals surface area contributed by atoms with E-state index in [1.165, 1.54) is 7.11 Å². The van der Waals surface area contributed by atoms with Crippen molar-refractivity contribution in [1.29, 1.82) is 0 Å². The van der Waals surface area contributed by atoms with Crippen LogP contribution in [0.1, 0.15) is 5.56 Å². The van der Waals surface area contributed by atoms with Crippen LogP contribution in [0.4, 0.5) is 0 Å². The zero-order chi connectivity index (χ0) is 11.4. The molecule has 2 rings (SSSR count). The second kappa shape index (κ2) is 4.94. The van der Waals surface area contributed by atoms with Gasteiger partial charge in [-0.1, -0.05) is 30.3 Å². The van der Waals surface area contributed by atoms with E-state index in [1.807, 2.05) is 41.8 Å². The van der Waals surface area contributed by atoms with Crippen LogP contribution in [0.2, 0.25) is 0 Å². The standard InChI is InChI=1S/C13H12O2S/c1-15-12(14)9-11-7-8-16-13(11)10-5-3-2-4-6-10/h2-8H,9H2,1H3. The lowest BCUT2D eigenvalue weighted by Gasteiger charge is -2.02. The number of esters is 1. The van der Waals surface area contributed by atoms with Crippen LogP contribution in [-0.4, -0.2) is 13.1 Å². The van der Waals surface area contributed by atoms with Crippen molar-refractivity contribution in [3.63, 3.8) is 0 Å². The normalized spacial score (nSPS) is 10.1. The molecule has 2 nitrogen and oxygen atoms in total. The minimum Gasteiger partial charge on any atom is -0.469 e. The highest BCUT2D eigenvalue weighted by atomic mass is 32.1. The number of thiophene rings is 1. The monoisotopic (exact) mass is 232 g/mol. The fourth-order valence-corrected chi connectivity index (χ4v) is 2.48. The number of benzene rings is 1. The number of hydrogen-bond acceptors (Lipinski definition) is 3. The molecule has 82 valence electrons. The first kappa shape index (κ1) is 10.9. The van der Waals surface area contributed by atoms with Crippen molar-refractivity contribution in [1.82, 2.24) is 0 Å². The molecule has 1 aromatic carbocycles. The van der Waals surface area contributed by atoms with Gasteiger partial charge in [-0.3, -0.25) is 4.79 Å². The van der Waals surface area contributed by atoms with Crippen LogP contribution in [0.15, 0.2) is 41.8 Å². The molecule has 1 aromatic heterocycles. The Labute approximate surface area is 98.5 Å². The molecule has 0 atom stereocenters. The molecule has 0 saturated carbocycles. The summed E-state index contributed by atoms with van der Waals surface area (Å²) < 4.78 is 4.68. The van der Waals surface area contributed by atoms with Gasteiger partial charge in [0, 0.05) is 4.88 Å². The van der Waals surface area contributed by atoms with Crippen molar-refractivity contribution < 1.29 is 9.53 Å². The summed E-state index contributed by atoms with van der Waals surface area (Å²) in [6.45, 7) is 0. The highest BCUT2D eigenvalue weighted by Gasteiger charge is 2.10. The van der Waals surface area contributed by atoms with E-state index in [9.17, 15) is 4.79 Å². The number of hydrogen-bond donors (Lipinski definition) is 0. The minimum atomic E-state index is -0.199. The third kappa shape index (κ3) is 2.31. The lowest BCUT2D eigenvalue weighted by molar-refractivity contribution is -0.139. The van der Waals surface area contributed by atoms with Crippen molar-refractivity contribution in [2.24, 2.45) is 0 Å². The zero-order valence-electron chi connectivity index (χ0n) is 8.97. The molecule has 0 bridgehead atoms. The zero-order valence-corrected chi connectivity index (χ0v) is 9.79. The van der Waals surface area contributed by atoms with E-state index in [2.05, 4.69) is 4.74 Å². The van der Waals surface area contributed by atoms with Gasteiger partial charge in [-0.05, 0) is 22.6 Å². The maximum Gasteiger partial charge on any atom is 0.310 e. The van der Waals surface area contributed by atoms with Gasteiger partial charge in [0.1, 0.15) is 0 Å². The smallest absolute Gasteiger partial charge is 0.310 e. The predicted molar refractivity (Wildman–Crippen MR) is 65.5 cm³/mol. The summed E-state index contributed by atoms with van der Waals surface area (Å²) in [5.41, 5.74) is 2.18. The Balaban J connectivity index is 2.29. The van der Waals surface area contributed by atoms with E-state index in [0.29, 0.717) is 6.42 Å². The van der Waals surface area contributed by atoms with Crippen molar-refractivity contribution in [3.8, 4) is 10.4 Å². The molecule has 3 heteroatoms. The SMILES string of the molecule is COC(=O)Cc1ccsc1-c1ccccc1. The molecule has 16 heavy (non-hydrogen) atoms. The summed E-state index contributed by atoms with van der Waals surface area (Å²) in [7, 11) is 1.41. The van der Waals surface area contributed by atoms with Gasteiger partial charge < -0.3 is 4.74 Å². The van der Waals surface area contributed by atoms with E-state index in [-0.39, 0.29) is 5.97 Å². The van der Waals surface area contributed by atoms with Crippen LogP contribution in [0.3, 0.4) is 0 Å². The van der Waals surface area contributed by atoms with Crippen molar-refractivity contribution in [3.05, 3.63) is 47.3 Å². The van der Waals surface area contributed by atoms with Crippen molar-refractivity contribution in [2.45, 2.75) is 6.42 Å². The van der Waals surface area contributed by atoms with E-state index in [4.69, 9.17) is 0 Å². The summed E-state index contributed by atoms with van der Waals surface area (Å²) in [4.78, 5) is 12.4. The number of rotatable bonds is 3. The van der Waals surface area contributed by atoms with Gasteiger partial charge in [0.2, 0.25) is 0 Å². The van der Waals surface area contributed by atoms with Gasteiger partial charge in [0.05, 0.1) is 13.5 Å². The third-order valence-electron chi connectivity index (χ3n) is 2.35. The molecular weight excluding hydrogens is 220 g/mol. The lowest BCUT2D eigenvalue weighted by atomic mass is 10.1. The number of carbonyl (C=O) groups is 1. The Morgan fingerprint density at radius 3 is 2.69 bits per heavy atom. The quantitative estimate of drug-likeness (QED) is 0.760. The van der Waals surface area contributed by atoms with Gasteiger partial charge in [0.15, 0.2) is 0 Å². The van der Waals surface area contributed by atoms with Crippen LogP contribution in [0, 0.1) is 0 Å². The Bertz CT molecular complexity index is 474. The molecule has 0 spiro atoms. The Kier molecular flexibility index (Phi) is 3.37. The van der Waals surface area contributed by atoms with Gasteiger partial charge in [-0.2, -0.15) is 0 Å². The molecular formula is C13H12O2S. The number of ether oxygens (including phenoxy) is 1. The van der Waals surface area contributed by atoms with Crippen LogP contribution in [0.5, 0.6) is 0 Å². The second-order valence-electron chi connectivity index (χ2n) is 3.39. The molecule has 0 amide bonds. The molecule has 2 aromatic rings. The van der Waals surface area contributed by atoms with Gasteiger partial charge in [0.25, 0.3) is 0 Å². The predicted octanol–water partition coefficient (Wildman–Crippen LogP) is 3.13. The molecule has 1 heterocycles. The topological polar surface area (TPSA) is 26.3 Å². The second-order valence-corrected chi connectivity index (χ2v) is 4.31. The highest BCUT2D eigenvalue weighted by Crippen LogP contribution is 2.29. The van der Waals surface area contributed by atoms with Gasteiger partial charge >= 0.3 is 5.97 Å². The summed E-state index contributed by atoms with van der Waals surface area (Å²) in [5.74, 6) is -0.199. The Hall–Kier alpha value is -1.61. The van der Waals surface area contributed by atoms with Crippen LogP contribution >= 0.6 is 11.3 Å². The fraction of sp³-hybridized carbons (Fsp3) is 0.154. The van der Waals surface area contributed by atoms with Gasteiger partial charge in [-0.15, -0.1) is 11.3 Å². The maximum atomic E-state index is 11.2. The molecule has 0 N–H and O–H groups in total. The molecule has 0 saturated heterocycles. The molecule has 0 radical (unpaired) electrons. The van der Waals surface area contributed by atoms with E-state index in [0.717, 1.165) is 16.0 Å². The van der Waals surface area contributed by atoms with Crippen LogP contribution in [-0.2, 0) is 16.0 Å². The molecule has 0 fully saturated rings. The van der Waals surface area contributed by atoms with E-state index >= 15 is 0 Å². The highest BCUT2D eigenvalue weighted by molar-refractivity contribution is 7.13. The first-order valence-corrected chi connectivity index (χ1v) is 5.88. The summed E-state index contributed by atoms with van der Waals surface area (Å²) in [6, 6.07) is 12.0. The first-order chi connectivity index (χ1) is 7.81. The molecule has 0 aliphatic carbocycles. The maximum absolute atomic E-state index is 11.2. The average molecular weight is 232 g/mol. The molecule has 0 aliphatic heterocycles. The third-order valence-corrected chi connectivity index (χ3v) is 3.35. The van der Waals surface area contributed by atoms with Gasteiger partial charge in [-0.25, -0.2) is 0 Å². The van der Waals surface area contributed by atoms with Crippen molar-refractivity contribution >= 4 is 17.3 Å². The van der Waals surface area contributed by atoms with Crippen LogP contribution in [0.25, 0.3) is 10.4 Å². The molecule has 0 aliphatic rings. The fourth-order valence-electron chi connectivity index (χ4n) is 1.55. The Morgan fingerprint density at radius 2 is 2.00 bits per heavy atom. The summed E-state index contributed by atoms with van der Waals surface area (Å²) >= 11 is 1.65. The number of methoxy groups -OCH3 is 1. The summed E-state index contributed by atoms with van der Waals surface area (Å²) in [6.07, 6.45) is 0.338. The van der Waals surface area contributed by atoms with Crippen LogP contribution < -0.4 is 0 Å².